The van der Waals surface area contributed by atoms with Crippen LogP contribution in [0.1, 0.15) is 23.2 Å². The van der Waals surface area contributed by atoms with E-state index in [-0.39, 0.29) is 36.2 Å². The molecule has 0 bridgehead atoms. The first-order valence-electron chi connectivity index (χ1n) is 7.83. The number of nitrogens with zero attached hydrogens (tertiary/aromatic N) is 1. The molecule has 0 atom stereocenters. The molecule has 1 aliphatic rings. The number of sulfonamides is 1. The normalized spacial score (nSPS) is 16.6. The van der Waals surface area contributed by atoms with Gasteiger partial charge in [0.1, 0.15) is 5.56 Å². The zero-order chi connectivity index (χ0) is 19.1. The van der Waals surface area contributed by atoms with Crippen molar-refractivity contribution in [3.63, 3.8) is 0 Å². The highest BCUT2D eigenvalue weighted by Crippen LogP contribution is 2.25. The highest BCUT2D eigenvalue weighted by molar-refractivity contribution is 7.89. The zero-order valence-corrected chi connectivity index (χ0v) is 14.3. The van der Waals surface area contributed by atoms with Crippen molar-refractivity contribution in [2.75, 3.05) is 13.1 Å². The maximum Gasteiger partial charge on any atom is 0.341 e. The number of aromatic amines is 1. The lowest BCUT2D eigenvalue weighted by Gasteiger charge is -2.29. The molecule has 1 fully saturated rings. The third-order valence-corrected chi connectivity index (χ3v) is 6.42. The predicted molar refractivity (Wildman–Crippen MR) is 90.6 cm³/mol. The van der Waals surface area contributed by atoms with Crippen molar-refractivity contribution in [3.8, 4) is 0 Å². The maximum absolute atomic E-state index is 12.8. The minimum Gasteiger partial charge on any atom is -0.481 e. The minimum absolute atomic E-state index is 0.0357. The van der Waals surface area contributed by atoms with Gasteiger partial charge in [0.15, 0.2) is 0 Å². The smallest absolute Gasteiger partial charge is 0.341 e. The topological polar surface area (TPSA) is 145 Å². The van der Waals surface area contributed by atoms with Gasteiger partial charge in [0, 0.05) is 30.2 Å². The molecule has 2 aromatic rings. The largest absolute Gasteiger partial charge is 0.481 e. The van der Waals surface area contributed by atoms with Crippen molar-refractivity contribution in [1.29, 1.82) is 0 Å². The van der Waals surface area contributed by atoms with Crippen LogP contribution in [0.4, 0.5) is 0 Å². The molecule has 3 N–H and O–H groups in total. The molecule has 1 aliphatic heterocycles. The lowest BCUT2D eigenvalue weighted by atomic mass is 9.99. The Bertz CT molecular complexity index is 1050. The number of fused-ring (bicyclic) bond motifs is 1. The van der Waals surface area contributed by atoms with Crippen molar-refractivity contribution in [2.24, 2.45) is 5.92 Å². The molecule has 0 saturated carbocycles. The summed E-state index contributed by atoms with van der Waals surface area (Å²) in [7, 11) is -3.91. The first-order valence-corrected chi connectivity index (χ1v) is 9.27. The second-order valence-corrected chi connectivity index (χ2v) is 8.00. The maximum atomic E-state index is 12.8. The van der Waals surface area contributed by atoms with Gasteiger partial charge in [-0.1, -0.05) is 0 Å². The third kappa shape index (κ3) is 3.08. The number of carbonyl (C=O) groups is 2. The van der Waals surface area contributed by atoms with Gasteiger partial charge in [-0.3, -0.25) is 9.59 Å². The average Bonchev–Trinajstić information content (AvgIpc) is 2.61. The lowest BCUT2D eigenvalue weighted by Crippen LogP contribution is -2.40. The van der Waals surface area contributed by atoms with Gasteiger partial charge in [-0.25, -0.2) is 13.2 Å². The molecule has 1 aromatic carbocycles. The van der Waals surface area contributed by atoms with Crippen molar-refractivity contribution < 1.29 is 28.2 Å². The number of H-pyrrole nitrogens is 1. The van der Waals surface area contributed by atoms with Gasteiger partial charge >= 0.3 is 11.9 Å². The molecular weight excluding hydrogens is 364 g/mol. The quantitative estimate of drug-likeness (QED) is 0.708. The number of rotatable bonds is 4. The molecule has 0 amide bonds. The van der Waals surface area contributed by atoms with Crippen molar-refractivity contribution in [3.05, 3.63) is 40.2 Å². The molecular formula is C16H16N2O7S. The predicted octanol–water partition coefficient (Wildman–Crippen LogP) is 0.712. The molecule has 0 radical (unpaired) electrons. The highest BCUT2D eigenvalue weighted by atomic mass is 32.2. The summed E-state index contributed by atoms with van der Waals surface area (Å²) in [6.07, 6.45) is 1.50. The number of aromatic carboxylic acids is 1. The first kappa shape index (κ1) is 18.1. The van der Waals surface area contributed by atoms with Crippen molar-refractivity contribution in [1.82, 2.24) is 9.29 Å². The molecule has 10 heteroatoms. The van der Waals surface area contributed by atoms with Gasteiger partial charge in [-0.2, -0.15) is 4.31 Å². The van der Waals surface area contributed by atoms with E-state index in [1.165, 1.54) is 16.4 Å². The zero-order valence-electron chi connectivity index (χ0n) is 13.5. The third-order valence-electron chi connectivity index (χ3n) is 4.52. The number of hydrogen-bond acceptors (Lipinski definition) is 5. The van der Waals surface area contributed by atoms with Crippen LogP contribution >= 0.6 is 0 Å². The Morgan fingerprint density at radius 3 is 2.38 bits per heavy atom. The SMILES string of the molecule is O=C(O)c1c[nH]c2ccc(S(=O)(=O)N3CCC(C(=O)O)CC3)cc2c1=O. The van der Waals surface area contributed by atoms with E-state index >= 15 is 0 Å². The van der Waals surface area contributed by atoms with Crippen molar-refractivity contribution >= 4 is 32.9 Å². The molecule has 2 heterocycles. The van der Waals surface area contributed by atoms with Crippen LogP contribution in [0.25, 0.3) is 10.9 Å². The lowest BCUT2D eigenvalue weighted by molar-refractivity contribution is -0.142. The molecule has 138 valence electrons. The van der Waals surface area contributed by atoms with E-state index in [1.54, 1.807) is 0 Å². The van der Waals surface area contributed by atoms with E-state index in [9.17, 15) is 22.8 Å². The standard InChI is InChI=1S/C16H16N2O7S/c19-14-11-7-10(1-2-13(11)17-8-12(14)16(22)23)26(24,25)18-5-3-9(4-6-18)15(20)21/h1-2,7-9H,3-6H2,(H,17,19)(H,20,21)(H,22,23). The van der Waals surface area contributed by atoms with Crippen LogP contribution in [0.15, 0.2) is 34.1 Å². The number of benzene rings is 1. The van der Waals surface area contributed by atoms with Crippen LogP contribution in [0.3, 0.4) is 0 Å². The molecule has 3 rings (SSSR count). The fourth-order valence-electron chi connectivity index (χ4n) is 3.01. The Morgan fingerprint density at radius 1 is 1.15 bits per heavy atom. The summed E-state index contributed by atoms with van der Waals surface area (Å²) < 4.78 is 26.8. The number of piperidine rings is 1. The van der Waals surface area contributed by atoms with E-state index in [4.69, 9.17) is 10.2 Å². The summed E-state index contributed by atoms with van der Waals surface area (Å²) in [6.45, 7) is 0.145. The van der Waals surface area contributed by atoms with E-state index in [1.807, 2.05) is 0 Å². The van der Waals surface area contributed by atoms with E-state index < -0.39 is 38.9 Å². The summed E-state index contributed by atoms with van der Waals surface area (Å²) in [4.78, 5) is 36.9. The molecule has 9 nitrogen and oxygen atoms in total. The minimum atomic E-state index is -3.91. The Morgan fingerprint density at radius 2 is 1.81 bits per heavy atom. The fourth-order valence-corrected chi connectivity index (χ4v) is 4.51. The first-order chi connectivity index (χ1) is 12.2. The van der Waals surface area contributed by atoms with E-state index in [2.05, 4.69) is 4.98 Å². The van der Waals surface area contributed by atoms with Crippen LogP contribution in [0.2, 0.25) is 0 Å². The highest BCUT2D eigenvalue weighted by Gasteiger charge is 2.32. The van der Waals surface area contributed by atoms with Gasteiger partial charge in [-0.05, 0) is 31.0 Å². The van der Waals surface area contributed by atoms with Gasteiger partial charge in [-0.15, -0.1) is 0 Å². The second-order valence-electron chi connectivity index (χ2n) is 6.06. The summed E-state index contributed by atoms with van der Waals surface area (Å²) in [5.74, 6) is -2.92. The molecule has 26 heavy (non-hydrogen) atoms. The van der Waals surface area contributed by atoms with Gasteiger partial charge in [0.2, 0.25) is 15.5 Å². The summed E-state index contributed by atoms with van der Waals surface area (Å²) in [5, 5.41) is 18.0. The number of aromatic nitrogens is 1. The Balaban J connectivity index is 1.99. The number of carboxylic acid groups (broad SMARTS) is 2. The van der Waals surface area contributed by atoms with Gasteiger partial charge in [0.25, 0.3) is 0 Å². The van der Waals surface area contributed by atoms with Crippen LogP contribution in [-0.4, -0.2) is 52.9 Å². The monoisotopic (exact) mass is 380 g/mol. The Labute approximate surface area is 147 Å². The Kier molecular flexibility index (Phi) is 4.55. The number of carboxylic acids is 2. The molecule has 1 aromatic heterocycles. The summed E-state index contributed by atoms with van der Waals surface area (Å²) >= 11 is 0. The van der Waals surface area contributed by atoms with E-state index in [0.717, 1.165) is 12.3 Å². The van der Waals surface area contributed by atoms with Crippen LogP contribution in [-0.2, 0) is 14.8 Å². The summed E-state index contributed by atoms with van der Waals surface area (Å²) in [5.41, 5.74) is -0.925. The van der Waals surface area contributed by atoms with Gasteiger partial charge in [0.05, 0.1) is 10.8 Å². The van der Waals surface area contributed by atoms with Gasteiger partial charge < -0.3 is 15.2 Å². The Hall–Kier alpha value is -2.72. The van der Waals surface area contributed by atoms with Crippen LogP contribution in [0, 0.1) is 5.92 Å². The summed E-state index contributed by atoms with van der Waals surface area (Å²) in [6, 6.07) is 3.88. The molecule has 0 aliphatic carbocycles. The van der Waals surface area contributed by atoms with Crippen LogP contribution in [0.5, 0.6) is 0 Å². The number of nitrogens with one attached hydrogen (secondary N) is 1. The fraction of sp³-hybridized carbons (Fsp3) is 0.312. The molecule has 0 unspecified atom stereocenters. The molecule has 0 spiro atoms. The second kappa shape index (κ2) is 6.54. The van der Waals surface area contributed by atoms with Crippen LogP contribution < -0.4 is 5.43 Å². The number of pyridine rings is 1. The van der Waals surface area contributed by atoms with E-state index in [0.29, 0.717) is 5.52 Å². The number of hydrogen-bond donors (Lipinski definition) is 3. The number of aliphatic carboxylic acids is 1. The molecule has 1 saturated heterocycles. The van der Waals surface area contributed by atoms with Crippen molar-refractivity contribution in [2.45, 2.75) is 17.7 Å². The average molecular weight is 380 g/mol.